The minimum absolute atomic E-state index is 0.0229. The number of benzene rings is 1. The highest BCUT2D eigenvalue weighted by Gasteiger charge is 2.35. The molecule has 14 heteroatoms. The van der Waals surface area contributed by atoms with Crippen LogP contribution >= 0.6 is 15.9 Å². The topological polar surface area (TPSA) is 159 Å². The number of pyridine rings is 1. The van der Waals surface area contributed by atoms with Crippen molar-refractivity contribution in [1.29, 1.82) is 5.26 Å². The molecular formula is C29H28BrN9O4. The Kier molecular flexibility index (Phi) is 7.90. The lowest BCUT2D eigenvalue weighted by atomic mass is 10.1. The molecule has 13 nitrogen and oxygen atoms in total. The van der Waals surface area contributed by atoms with Crippen LogP contribution in [0.3, 0.4) is 0 Å². The maximum absolute atomic E-state index is 13.3. The summed E-state index contributed by atoms with van der Waals surface area (Å²) in [5.74, 6) is -0.344. The summed E-state index contributed by atoms with van der Waals surface area (Å²) in [6, 6.07) is 9.63. The Labute approximate surface area is 255 Å². The minimum Gasteiger partial charge on any atom is -0.456 e. The summed E-state index contributed by atoms with van der Waals surface area (Å²) in [4.78, 5) is 53.5. The van der Waals surface area contributed by atoms with Gasteiger partial charge in [0.15, 0.2) is 12.3 Å². The smallest absolute Gasteiger partial charge is 0.303 e. The van der Waals surface area contributed by atoms with Gasteiger partial charge in [0, 0.05) is 62.8 Å². The standard InChI is InChI=1S/C29H28BrN9O4/c1-17(40)43-16-24(41)37-7-9-38(10-8-37)28(42)19-4-5-21(11-19)34-29-33-15-23-26(30)36-39(27(23)35-29)22-12-18-3-2-6-32-25(18)20(13-22)14-31/h2-3,6,12-13,15,19,21H,4-5,7-11,16H2,1H3,(H,33,34,35)/t19-,21-/m1/s1. The Balaban J connectivity index is 1.12. The summed E-state index contributed by atoms with van der Waals surface area (Å²) in [5.41, 5.74) is 2.32. The van der Waals surface area contributed by atoms with Crippen LogP contribution in [0.5, 0.6) is 0 Å². The van der Waals surface area contributed by atoms with E-state index in [9.17, 15) is 19.6 Å². The number of rotatable bonds is 6. The van der Waals surface area contributed by atoms with Crippen molar-refractivity contribution < 1.29 is 19.1 Å². The molecule has 0 radical (unpaired) electrons. The van der Waals surface area contributed by atoms with Gasteiger partial charge in [0.25, 0.3) is 5.91 Å². The van der Waals surface area contributed by atoms with E-state index in [0.717, 1.165) is 23.6 Å². The quantitative estimate of drug-likeness (QED) is 0.309. The Bertz CT molecular complexity index is 1780. The lowest BCUT2D eigenvalue weighted by Gasteiger charge is -2.35. The van der Waals surface area contributed by atoms with E-state index in [1.54, 1.807) is 28.0 Å². The predicted molar refractivity (Wildman–Crippen MR) is 159 cm³/mol. The normalized spacial score (nSPS) is 18.5. The van der Waals surface area contributed by atoms with E-state index in [0.29, 0.717) is 65.6 Å². The van der Waals surface area contributed by atoms with E-state index in [2.05, 4.69) is 42.4 Å². The fourth-order valence-electron chi connectivity index (χ4n) is 5.71. The Morgan fingerprint density at radius 1 is 1.14 bits per heavy atom. The van der Waals surface area contributed by atoms with Gasteiger partial charge in [-0.3, -0.25) is 19.4 Å². The van der Waals surface area contributed by atoms with Crippen LogP contribution in [0, 0.1) is 17.2 Å². The molecule has 3 aromatic heterocycles. The van der Waals surface area contributed by atoms with Crippen LogP contribution in [0.15, 0.2) is 41.3 Å². The van der Waals surface area contributed by atoms with Crippen molar-refractivity contribution in [3.05, 3.63) is 46.8 Å². The monoisotopic (exact) mass is 645 g/mol. The third-order valence-electron chi connectivity index (χ3n) is 7.89. The Hall–Kier alpha value is -4.64. The number of nitrogens with zero attached hydrogens (tertiary/aromatic N) is 8. The van der Waals surface area contributed by atoms with Gasteiger partial charge in [0.2, 0.25) is 11.9 Å². The number of nitriles is 1. The SMILES string of the molecule is CC(=O)OCC(=O)N1CCN(C(=O)[C@@H]2CC[C@@H](Nc3ncc4c(Br)nn(-c5cc(C#N)c6ncccc6c5)c4n3)C2)CC1. The van der Waals surface area contributed by atoms with E-state index >= 15 is 0 Å². The predicted octanol–water partition coefficient (Wildman–Crippen LogP) is 2.81. The molecule has 6 rings (SSSR count). The van der Waals surface area contributed by atoms with Crippen molar-refractivity contribution in [1.82, 2.24) is 34.5 Å². The average molecular weight is 647 g/mol. The molecule has 1 aromatic carbocycles. The first-order chi connectivity index (χ1) is 20.8. The second-order valence-corrected chi connectivity index (χ2v) is 11.4. The van der Waals surface area contributed by atoms with Crippen molar-refractivity contribution in [3.63, 3.8) is 0 Å². The summed E-state index contributed by atoms with van der Waals surface area (Å²) >= 11 is 3.51. The third-order valence-corrected chi connectivity index (χ3v) is 8.48. The number of carbonyl (C=O) groups is 3. The zero-order chi connectivity index (χ0) is 30.1. The van der Waals surface area contributed by atoms with Crippen LogP contribution in [-0.2, 0) is 19.1 Å². The highest BCUT2D eigenvalue weighted by atomic mass is 79.9. The number of amides is 2. The van der Waals surface area contributed by atoms with Crippen molar-refractivity contribution >= 4 is 61.6 Å². The lowest BCUT2D eigenvalue weighted by Crippen LogP contribution is -2.52. The maximum Gasteiger partial charge on any atom is 0.303 e. The van der Waals surface area contributed by atoms with Gasteiger partial charge >= 0.3 is 5.97 Å². The summed E-state index contributed by atoms with van der Waals surface area (Å²) < 4.78 is 7.06. The molecule has 2 aliphatic rings. The van der Waals surface area contributed by atoms with Gasteiger partial charge in [-0.25, -0.2) is 9.67 Å². The number of piperazine rings is 1. The molecule has 2 atom stereocenters. The van der Waals surface area contributed by atoms with E-state index in [1.807, 2.05) is 23.1 Å². The van der Waals surface area contributed by atoms with Crippen LogP contribution in [-0.4, -0.2) is 91.1 Å². The molecule has 1 aliphatic heterocycles. The van der Waals surface area contributed by atoms with Crippen LogP contribution in [0.2, 0.25) is 0 Å². The van der Waals surface area contributed by atoms with Gasteiger partial charge in [-0.05, 0) is 53.4 Å². The molecule has 0 spiro atoms. The number of fused-ring (bicyclic) bond motifs is 2. The number of halogens is 1. The molecule has 0 unspecified atom stereocenters. The molecule has 1 saturated carbocycles. The van der Waals surface area contributed by atoms with Gasteiger partial charge < -0.3 is 19.9 Å². The summed E-state index contributed by atoms with van der Waals surface area (Å²) in [6.07, 6.45) is 5.55. The van der Waals surface area contributed by atoms with Gasteiger partial charge in [0.1, 0.15) is 10.7 Å². The van der Waals surface area contributed by atoms with Crippen LogP contribution in [0.4, 0.5) is 5.95 Å². The van der Waals surface area contributed by atoms with Crippen molar-refractivity contribution in [3.8, 4) is 11.8 Å². The summed E-state index contributed by atoms with van der Waals surface area (Å²) in [6.45, 7) is 2.74. The number of esters is 1. The van der Waals surface area contributed by atoms with E-state index in [4.69, 9.17) is 9.72 Å². The minimum atomic E-state index is -0.493. The molecule has 2 amide bonds. The molecule has 0 bridgehead atoms. The molecular weight excluding hydrogens is 618 g/mol. The Morgan fingerprint density at radius 2 is 1.93 bits per heavy atom. The Morgan fingerprint density at radius 3 is 2.70 bits per heavy atom. The molecule has 220 valence electrons. The van der Waals surface area contributed by atoms with Crippen LogP contribution < -0.4 is 5.32 Å². The van der Waals surface area contributed by atoms with Crippen molar-refractivity contribution in [2.45, 2.75) is 32.2 Å². The van der Waals surface area contributed by atoms with Crippen LogP contribution in [0.1, 0.15) is 31.7 Å². The molecule has 4 heterocycles. The maximum atomic E-state index is 13.3. The van der Waals surface area contributed by atoms with Crippen molar-refractivity contribution in [2.24, 2.45) is 5.92 Å². The first-order valence-electron chi connectivity index (χ1n) is 14.0. The third kappa shape index (κ3) is 5.85. The molecule has 43 heavy (non-hydrogen) atoms. The largest absolute Gasteiger partial charge is 0.456 e. The first-order valence-corrected chi connectivity index (χ1v) is 14.8. The molecule has 1 saturated heterocycles. The zero-order valence-corrected chi connectivity index (χ0v) is 25.0. The molecule has 2 fully saturated rings. The second kappa shape index (κ2) is 11.9. The lowest BCUT2D eigenvalue weighted by molar-refractivity contribution is -0.152. The second-order valence-electron chi connectivity index (χ2n) is 10.7. The number of carbonyl (C=O) groups excluding carboxylic acids is 3. The zero-order valence-electron chi connectivity index (χ0n) is 23.4. The van der Waals surface area contributed by atoms with E-state index in [-0.39, 0.29) is 30.4 Å². The van der Waals surface area contributed by atoms with Gasteiger partial charge in [0.05, 0.1) is 22.2 Å². The van der Waals surface area contributed by atoms with Gasteiger partial charge in [-0.1, -0.05) is 6.07 Å². The van der Waals surface area contributed by atoms with Gasteiger partial charge in [-0.2, -0.15) is 15.3 Å². The fraction of sp³-hybridized carbons (Fsp3) is 0.379. The number of anilines is 1. The molecule has 1 N–H and O–H groups in total. The number of ether oxygens (including phenoxy) is 1. The summed E-state index contributed by atoms with van der Waals surface area (Å²) in [7, 11) is 0. The van der Waals surface area contributed by atoms with E-state index < -0.39 is 5.97 Å². The van der Waals surface area contributed by atoms with E-state index in [1.165, 1.54) is 6.92 Å². The van der Waals surface area contributed by atoms with Crippen LogP contribution in [0.25, 0.3) is 27.6 Å². The van der Waals surface area contributed by atoms with Crippen molar-refractivity contribution in [2.75, 3.05) is 38.1 Å². The number of hydrogen-bond acceptors (Lipinski definition) is 10. The average Bonchev–Trinajstić information content (AvgIpc) is 3.63. The highest BCUT2D eigenvalue weighted by molar-refractivity contribution is 9.10. The number of aromatic nitrogens is 5. The molecule has 1 aliphatic carbocycles. The van der Waals surface area contributed by atoms with Gasteiger partial charge in [-0.15, -0.1) is 0 Å². The molecule has 4 aromatic rings. The summed E-state index contributed by atoms with van der Waals surface area (Å²) in [5, 5.41) is 19.3. The fourth-order valence-corrected chi connectivity index (χ4v) is 6.15. The number of nitrogens with one attached hydrogen (secondary N) is 1. The number of hydrogen-bond donors (Lipinski definition) is 1. The first kappa shape index (κ1) is 28.5. The highest BCUT2D eigenvalue weighted by Crippen LogP contribution is 2.31.